The lowest BCUT2D eigenvalue weighted by Crippen LogP contribution is -2.18. The van der Waals surface area contributed by atoms with Gasteiger partial charge in [0.2, 0.25) is 5.95 Å². The predicted molar refractivity (Wildman–Crippen MR) is 105 cm³/mol. The highest BCUT2D eigenvalue weighted by Crippen LogP contribution is 2.27. The Morgan fingerprint density at radius 2 is 2.00 bits per heavy atom. The largest absolute Gasteiger partial charge is 0.385 e. The van der Waals surface area contributed by atoms with Gasteiger partial charge in [-0.1, -0.05) is 32.0 Å². The average molecular weight is 356 g/mol. The Labute approximate surface area is 155 Å². The van der Waals surface area contributed by atoms with Gasteiger partial charge in [-0.2, -0.15) is 0 Å². The van der Waals surface area contributed by atoms with Crippen molar-refractivity contribution in [1.29, 1.82) is 0 Å². The molecule has 1 aromatic heterocycles. The molecule has 0 fully saturated rings. The Bertz CT molecular complexity index is 759. The molecule has 0 saturated heterocycles. The van der Waals surface area contributed by atoms with E-state index in [2.05, 4.69) is 34.4 Å². The standard InChI is InChI=1S/C20H28N4O2/c1-13(2)16-9-6-8-14(3)18(16)24-19(25)17-12-15(4)22-20(23-17)21-10-7-11-26-5/h6,8-9,12-13H,7,10-11H2,1-5H3,(H,24,25)(H,21,22,23). The molecule has 0 atom stereocenters. The third kappa shape index (κ3) is 5.26. The van der Waals surface area contributed by atoms with Gasteiger partial charge in [-0.3, -0.25) is 4.79 Å². The maximum atomic E-state index is 12.8. The lowest BCUT2D eigenvalue weighted by molar-refractivity contribution is 0.102. The lowest BCUT2D eigenvalue weighted by Gasteiger charge is -2.16. The first-order valence-corrected chi connectivity index (χ1v) is 8.91. The number of rotatable bonds is 8. The Kier molecular flexibility index (Phi) is 7.09. The van der Waals surface area contributed by atoms with Crippen LogP contribution in [0.4, 0.5) is 11.6 Å². The molecule has 0 aliphatic rings. The number of para-hydroxylation sites is 1. The fourth-order valence-electron chi connectivity index (χ4n) is 2.70. The first-order chi connectivity index (χ1) is 12.4. The average Bonchev–Trinajstić information content (AvgIpc) is 2.59. The molecule has 2 aromatic rings. The molecule has 0 spiro atoms. The van der Waals surface area contributed by atoms with Crippen LogP contribution in [0.5, 0.6) is 0 Å². The van der Waals surface area contributed by atoms with Crippen LogP contribution in [-0.2, 0) is 4.74 Å². The van der Waals surface area contributed by atoms with E-state index in [0.717, 1.165) is 28.9 Å². The molecule has 6 heteroatoms. The second-order valence-corrected chi connectivity index (χ2v) is 6.64. The topological polar surface area (TPSA) is 76.1 Å². The zero-order chi connectivity index (χ0) is 19.1. The van der Waals surface area contributed by atoms with Crippen LogP contribution in [0.2, 0.25) is 0 Å². The number of benzene rings is 1. The van der Waals surface area contributed by atoms with Crippen molar-refractivity contribution in [3.63, 3.8) is 0 Å². The zero-order valence-corrected chi connectivity index (χ0v) is 16.2. The van der Waals surface area contributed by atoms with Crippen LogP contribution in [0.25, 0.3) is 0 Å². The molecule has 0 saturated carbocycles. The summed E-state index contributed by atoms with van der Waals surface area (Å²) in [6.07, 6.45) is 0.844. The summed E-state index contributed by atoms with van der Waals surface area (Å²) in [6, 6.07) is 7.75. The van der Waals surface area contributed by atoms with Gasteiger partial charge in [0.1, 0.15) is 5.69 Å². The summed E-state index contributed by atoms with van der Waals surface area (Å²) in [5.41, 5.74) is 4.10. The van der Waals surface area contributed by atoms with E-state index in [1.807, 2.05) is 32.0 Å². The molecule has 26 heavy (non-hydrogen) atoms. The van der Waals surface area contributed by atoms with Gasteiger partial charge in [0, 0.05) is 31.6 Å². The summed E-state index contributed by atoms with van der Waals surface area (Å²) in [7, 11) is 1.67. The second kappa shape index (κ2) is 9.29. The summed E-state index contributed by atoms with van der Waals surface area (Å²) in [4.78, 5) is 21.5. The second-order valence-electron chi connectivity index (χ2n) is 6.64. The van der Waals surface area contributed by atoms with E-state index in [1.54, 1.807) is 13.2 Å². The maximum absolute atomic E-state index is 12.8. The van der Waals surface area contributed by atoms with Crippen molar-refractivity contribution in [2.24, 2.45) is 0 Å². The fourth-order valence-corrected chi connectivity index (χ4v) is 2.70. The number of nitrogens with zero attached hydrogens (tertiary/aromatic N) is 2. The molecule has 0 unspecified atom stereocenters. The molecule has 1 heterocycles. The molecule has 140 valence electrons. The van der Waals surface area contributed by atoms with E-state index >= 15 is 0 Å². The lowest BCUT2D eigenvalue weighted by atomic mass is 9.98. The summed E-state index contributed by atoms with van der Waals surface area (Å²) in [5, 5.41) is 6.17. The monoisotopic (exact) mass is 356 g/mol. The molecule has 0 aliphatic carbocycles. The Hall–Kier alpha value is -2.47. The number of aryl methyl sites for hydroxylation is 2. The molecule has 0 aliphatic heterocycles. The first kappa shape index (κ1) is 19.8. The minimum Gasteiger partial charge on any atom is -0.385 e. The number of ether oxygens (including phenoxy) is 1. The van der Waals surface area contributed by atoms with E-state index in [4.69, 9.17) is 4.74 Å². The Morgan fingerprint density at radius 1 is 1.23 bits per heavy atom. The van der Waals surface area contributed by atoms with Gasteiger partial charge in [0.05, 0.1) is 0 Å². The molecule has 1 amide bonds. The van der Waals surface area contributed by atoms with Crippen molar-refractivity contribution in [1.82, 2.24) is 9.97 Å². The van der Waals surface area contributed by atoms with Crippen LogP contribution in [-0.4, -0.2) is 36.1 Å². The van der Waals surface area contributed by atoms with Crippen molar-refractivity contribution in [3.05, 3.63) is 46.8 Å². The predicted octanol–water partition coefficient (Wildman–Crippen LogP) is 3.92. The van der Waals surface area contributed by atoms with E-state index in [0.29, 0.717) is 30.7 Å². The quantitative estimate of drug-likeness (QED) is 0.701. The van der Waals surface area contributed by atoms with Crippen LogP contribution in [0.3, 0.4) is 0 Å². The maximum Gasteiger partial charge on any atom is 0.274 e. The number of aromatic nitrogens is 2. The Morgan fingerprint density at radius 3 is 2.69 bits per heavy atom. The van der Waals surface area contributed by atoms with Gasteiger partial charge >= 0.3 is 0 Å². The summed E-state index contributed by atoms with van der Waals surface area (Å²) < 4.78 is 5.03. The summed E-state index contributed by atoms with van der Waals surface area (Å²) in [6.45, 7) is 9.43. The normalized spacial score (nSPS) is 10.8. The fraction of sp³-hybridized carbons (Fsp3) is 0.450. The highest BCUT2D eigenvalue weighted by Gasteiger charge is 2.15. The van der Waals surface area contributed by atoms with Gasteiger partial charge in [0.25, 0.3) is 5.91 Å². The Balaban J connectivity index is 2.19. The van der Waals surface area contributed by atoms with E-state index in [1.165, 1.54) is 0 Å². The van der Waals surface area contributed by atoms with Crippen molar-refractivity contribution in [3.8, 4) is 0 Å². The van der Waals surface area contributed by atoms with E-state index in [-0.39, 0.29) is 5.91 Å². The molecular formula is C20H28N4O2. The van der Waals surface area contributed by atoms with Gasteiger partial charge in [-0.05, 0) is 43.4 Å². The molecule has 0 bridgehead atoms. The SMILES string of the molecule is COCCCNc1nc(C)cc(C(=O)Nc2c(C)cccc2C(C)C)n1. The van der Waals surface area contributed by atoms with E-state index < -0.39 is 0 Å². The van der Waals surface area contributed by atoms with Crippen LogP contribution in [0.15, 0.2) is 24.3 Å². The smallest absolute Gasteiger partial charge is 0.274 e. The highest BCUT2D eigenvalue weighted by atomic mass is 16.5. The van der Waals surface area contributed by atoms with Crippen molar-refractivity contribution < 1.29 is 9.53 Å². The van der Waals surface area contributed by atoms with Gasteiger partial charge in [-0.25, -0.2) is 9.97 Å². The van der Waals surface area contributed by atoms with Gasteiger partial charge < -0.3 is 15.4 Å². The van der Waals surface area contributed by atoms with Gasteiger partial charge in [0.15, 0.2) is 0 Å². The third-order valence-corrected chi connectivity index (χ3v) is 4.06. The number of anilines is 2. The van der Waals surface area contributed by atoms with Gasteiger partial charge in [-0.15, -0.1) is 0 Å². The molecule has 0 radical (unpaired) electrons. The molecule has 1 aromatic carbocycles. The number of carbonyl (C=O) groups is 1. The molecule has 2 rings (SSSR count). The third-order valence-electron chi connectivity index (χ3n) is 4.06. The molecule has 2 N–H and O–H groups in total. The molecule has 6 nitrogen and oxygen atoms in total. The first-order valence-electron chi connectivity index (χ1n) is 8.91. The van der Waals surface area contributed by atoms with Crippen LogP contribution in [0.1, 0.15) is 53.5 Å². The van der Waals surface area contributed by atoms with Crippen molar-refractivity contribution >= 4 is 17.5 Å². The van der Waals surface area contributed by atoms with Crippen LogP contribution >= 0.6 is 0 Å². The van der Waals surface area contributed by atoms with Crippen molar-refractivity contribution in [2.45, 2.75) is 40.0 Å². The van der Waals surface area contributed by atoms with Crippen molar-refractivity contribution in [2.75, 3.05) is 30.9 Å². The number of hydrogen-bond donors (Lipinski definition) is 2. The summed E-state index contributed by atoms with van der Waals surface area (Å²) >= 11 is 0. The summed E-state index contributed by atoms with van der Waals surface area (Å²) in [5.74, 6) is 0.544. The zero-order valence-electron chi connectivity index (χ0n) is 16.2. The number of carbonyl (C=O) groups excluding carboxylic acids is 1. The number of methoxy groups -OCH3 is 1. The number of nitrogens with one attached hydrogen (secondary N) is 2. The van der Waals surface area contributed by atoms with E-state index in [9.17, 15) is 4.79 Å². The minimum atomic E-state index is -0.230. The molecular weight excluding hydrogens is 328 g/mol. The number of amides is 1. The van der Waals surface area contributed by atoms with Crippen LogP contribution < -0.4 is 10.6 Å². The highest BCUT2D eigenvalue weighted by molar-refractivity contribution is 6.04. The number of hydrogen-bond acceptors (Lipinski definition) is 5. The van der Waals surface area contributed by atoms with Crippen LogP contribution in [0, 0.1) is 13.8 Å². The minimum absolute atomic E-state index is 0.230.